The third-order valence-electron chi connectivity index (χ3n) is 5.75. The first-order valence-electron chi connectivity index (χ1n) is 10.7. The Bertz CT molecular complexity index is 955. The Morgan fingerprint density at radius 3 is 2.19 bits per heavy atom. The molecule has 2 fully saturated rings. The molecule has 0 aromatic heterocycles. The Kier molecular flexibility index (Phi) is 6.30. The van der Waals surface area contributed by atoms with Gasteiger partial charge in [-0.1, -0.05) is 12.1 Å². The van der Waals surface area contributed by atoms with Crippen LogP contribution in [0, 0.1) is 11.7 Å². The van der Waals surface area contributed by atoms with Crippen LogP contribution in [0.1, 0.15) is 35.2 Å². The number of amides is 3. The monoisotopic (exact) mass is 423 g/mol. The van der Waals surface area contributed by atoms with E-state index in [-0.39, 0.29) is 35.9 Å². The lowest BCUT2D eigenvalue weighted by molar-refractivity contribution is -0.130. The number of carbonyl (C=O) groups excluding carboxylic acids is 3. The average Bonchev–Trinajstić information content (AvgIpc) is 3.62. The highest BCUT2D eigenvalue weighted by atomic mass is 19.1. The summed E-state index contributed by atoms with van der Waals surface area (Å²) in [7, 11) is 0. The fraction of sp³-hybridized carbons (Fsp3) is 0.375. The molecule has 2 aliphatic rings. The molecule has 4 rings (SSSR count). The Labute approximate surface area is 181 Å². The lowest BCUT2D eigenvalue weighted by Crippen LogP contribution is -2.38. The summed E-state index contributed by atoms with van der Waals surface area (Å²) >= 11 is 0. The van der Waals surface area contributed by atoms with Crippen molar-refractivity contribution >= 4 is 23.4 Å². The summed E-state index contributed by atoms with van der Waals surface area (Å²) in [4.78, 5) is 40.8. The highest BCUT2D eigenvalue weighted by Crippen LogP contribution is 2.30. The first-order valence-corrected chi connectivity index (χ1v) is 10.7. The van der Waals surface area contributed by atoms with Gasteiger partial charge in [0.15, 0.2) is 0 Å². The quantitative estimate of drug-likeness (QED) is 0.804. The lowest BCUT2D eigenvalue weighted by atomic mass is 10.1. The van der Waals surface area contributed by atoms with E-state index in [1.54, 1.807) is 9.80 Å². The van der Waals surface area contributed by atoms with Crippen molar-refractivity contribution in [3.8, 4) is 0 Å². The Morgan fingerprint density at radius 1 is 0.871 bits per heavy atom. The SMILES string of the molecule is O=C(Nc1ccc(CC(=O)N2CCCN(C(=O)c3ccc(F)cc3)CC2)cc1)C1CC1. The molecule has 0 unspecified atom stereocenters. The summed E-state index contributed by atoms with van der Waals surface area (Å²) in [5.41, 5.74) is 2.09. The van der Waals surface area contributed by atoms with Crippen LogP contribution in [-0.2, 0) is 16.0 Å². The lowest BCUT2D eigenvalue weighted by Gasteiger charge is -2.22. The van der Waals surface area contributed by atoms with Crippen LogP contribution in [0.25, 0.3) is 0 Å². The molecule has 162 valence electrons. The predicted molar refractivity (Wildman–Crippen MR) is 115 cm³/mol. The topological polar surface area (TPSA) is 69.7 Å². The van der Waals surface area contributed by atoms with Crippen molar-refractivity contribution in [2.24, 2.45) is 5.92 Å². The van der Waals surface area contributed by atoms with Crippen LogP contribution in [0.4, 0.5) is 10.1 Å². The van der Waals surface area contributed by atoms with Crippen molar-refractivity contribution in [2.45, 2.75) is 25.7 Å². The molecule has 6 nitrogen and oxygen atoms in total. The standard InChI is InChI=1S/C24H26FN3O3/c25-20-8-6-19(7-9-20)24(31)28-13-1-12-27(14-15-28)22(29)16-17-2-10-21(11-3-17)26-23(30)18-4-5-18/h2-3,6-11,18H,1,4-5,12-16H2,(H,26,30). The molecule has 7 heteroatoms. The van der Waals surface area contributed by atoms with Crippen molar-refractivity contribution in [3.63, 3.8) is 0 Å². The third-order valence-corrected chi connectivity index (χ3v) is 5.75. The second-order valence-electron chi connectivity index (χ2n) is 8.17. The van der Waals surface area contributed by atoms with Gasteiger partial charge >= 0.3 is 0 Å². The van der Waals surface area contributed by atoms with Gasteiger partial charge in [-0.15, -0.1) is 0 Å². The van der Waals surface area contributed by atoms with E-state index in [0.29, 0.717) is 38.2 Å². The molecule has 0 bridgehead atoms. The smallest absolute Gasteiger partial charge is 0.253 e. The maximum atomic E-state index is 13.1. The van der Waals surface area contributed by atoms with Gasteiger partial charge in [-0.2, -0.15) is 0 Å². The molecular weight excluding hydrogens is 397 g/mol. The third kappa shape index (κ3) is 5.48. The van der Waals surface area contributed by atoms with Crippen LogP contribution in [0.15, 0.2) is 48.5 Å². The van der Waals surface area contributed by atoms with E-state index in [0.717, 1.165) is 24.1 Å². The number of hydrogen-bond acceptors (Lipinski definition) is 3. The Morgan fingerprint density at radius 2 is 1.52 bits per heavy atom. The highest BCUT2D eigenvalue weighted by Gasteiger charge is 2.29. The summed E-state index contributed by atoms with van der Waals surface area (Å²) in [6.45, 7) is 2.09. The largest absolute Gasteiger partial charge is 0.341 e. The van der Waals surface area contributed by atoms with Crippen LogP contribution < -0.4 is 5.32 Å². The van der Waals surface area contributed by atoms with Crippen molar-refractivity contribution < 1.29 is 18.8 Å². The number of benzene rings is 2. The van der Waals surface area contributed by atoms with Crippen molar-refractivity contribution in [3.05, 3.63) is 65.5 Å². The molecule has 3 amide bonds. The van der Waals surface area contributed by atoms with Gasteiger partial charge in [0.05, 0.1) is 6.42 Å². The van der Waals surface area contributed by atoms with Crippen LogP contribution in [0.5, 0.6) is 0 Å². The fourth-order valence-corrected chi connectivity index (χ4v) is 3.73. The highest BCUT2D eigenvalue weighted by molar-refractivity contribution is 5.94. The minimum Gasteiger partial charge on any atom is -0.341 e. The number of hydrogen-bond donors (Lipinski definition) is 1. The fourth-order valence-electron chi connectivity index (χ4n) is 3.73. The molecule has 31 heavy (non-hydrogen) atoms. The van der Waals surface area contributed by atoms with Gasteiger partial charge in [0.25, 0.3) is 5.91 Å². The molecule has 0 radical (unpaired) electrons. The molecule has 2 aromatic carbocycles. The zero-order valence-electron chi connectivity index (χ0n) is 17.4. The molecule has 1 saturated heterocycles. The van der Waals surface area contributed by atoms with E-state index in [1.807, 2.05) is 24.3 Å². The molecule has 1 N–H and O–H groups in total. The van der Waals surface area contributed by atoms with E-state index >= 15 is 0 Å². The van der Waals surface area contributed by atoms with Gasteiger partial charge in [0, 0.05) is 43.3 Å². The summed E-state index contributed by atoms with van der Waals surface area (Å²) in [6.07, 6.45) is 2.90. The van der Waals surface area contributed by atoms with Crippen molar-refractivity contribution in [1.29, 1.82) is 0 Å². The van der Waals surface area contributed by atoms with Crippen LogP contribution in [-0.4, -0.2) is 53.7 Å². The van der Waals surface area contributed by atoms with Crippen LogP contribution in [0.3, 0.4) is 0 Å². The van der Waals surface area contributed by atoms with Gasteiger partial charge in [-0.25, -0.2) is 4.39 Å². The van der Waals surface area contributed by atoms with E-state index in [4.69, 9.17) is 0 Å². The summed E-state index contributed by atoms with van der Waals surface area (Å²) in [5, 5.41) is 2.90. The van der Waals surface area contributed by atoms with E-state index in [1.165, 1.54) is 24.3 Å². The zero-order chi connectivity index (χ0) is 21.8. The summed E-state index contributed by atoms with van der Waals surface area (Å²) in [5.74, 6) is -0.279. The predicted octanol–water partition coefficient (Wildman–Crippen LogP) is 3.09. The first-order chi connectivity index (χ1) is 15.0. The maximum Gasteiger partial charge on any atom is 0.253 e. The van der Waals surface area contributed by atoms with Gasteiger partial charge in [0.1, 0.15) is 5.82 Å². The second-order valence-corrected chi connectivity index (χ2v) is 8.17. The molecule has 0 atom stereocenters. The van der Waals surface area contributed by atoms with E-state index < -0.39 is 0 Å². The molecule has 1 aliphatic heterocycles. The number of halogens is 1. The molecule has 1 saturated carbocycles. The van der Waals surface area contributed by atoms with Gasteiger partial charge in [0.2, 0.25) is 11.8 Å². The number of rotatable bonds is 5. The molecule has 1 heterocycles. The molecule has 2 aromatic rings. The zero-order valence-corrected chi connectivity index (χ0v) is 17.4. The number of carbonyl (C=O) groups is 3. The van der Waals surface area contributed by atoms with Gasteiger partial charge in [-0.3, -0.25) is 14.4 Å². The van der Waals surface area contributed by atoms with Gasteiger partial charge < -0.3 is 15.1 Å². The van der Waals surface area contributed by atoms with E-state index in [9.17, 15) is 18.8 Å². The molecular formula is C24H26FN3O3. The number of nitrogens with one attached hydrogen (secondary N) is 1. The Hall–Kier alpha value is -3.22. The molecule has 1 aliphatic carbocycles. The van der Waals surface area contributed by atoms with Crippen molar-refractivity contribution in [1.82, 2.24) is 9.80 Å². The van der Waals surface area contributed by atoms with E-state index in [2.05, 4.69) is 5.32 Å². The van der Waals surface area contributed by atoms with Crippen LogP contribution >= 0.6 is 0 Å². The van der Waals surface area contributed by atoms with Crippen molar-refractivity contribution in [2.75, 3.05) is 31.5 Å². The van der Waals surface area contributed by atoms with Gasteiger partial charge in [-0.05, 0) is 61.2 Å². The Balaban J connectivity index is 1.29. The molecule has 0 spiro atoms. The number of nitrogens with zero attached hydrogens (tertiary/aromatic N) is 2. The summed E-state index contributed by atoms with van der Waals surface area (Å²) in [6, 6.07) is 12.9. The number of anilines is 1. The normalized spacial score (nSPS) is 16.5. The average molecular weight is 423 g/mol. The minimum absolute atomic E-state index is 0.0193. The second kappa shape index (κ2) is 9.29. The maximum absolute atomic E-state index is 13.1. The first kappa shape index (κ1) is 21.0. The summed E-state index contributed by atoms with van der Waals surface area (Å²) < 4.78 is 13.1. The minimum atomic E-state index is -0.373. The van der Waals surface area contributed by atoms with Crippen LogP contribution in [0.2, 0.25) is 0 Å².